The van der Waals surface area contributed by atoms with Crippen LogP contribution in [0.2, 0.25) is 5.15 Å². The minimum atomic E-state index is 0.556. The van der Waals surface area contributed by atoms with Crippen LogP contribution in [0.3, 0.4) is 0 Å². The van der Waals surface area contributed by atoms with Crippen molar-refractivity contribution in [3.8, 4) is 0 Å². The summed E-state index contributed by atoms with van der Waals surface area (Å²) in [6, 6.07) is 3.83. The molecule has 1 N–H and O–H groups in total. The van der Waals surface area contributed by atoms with Gasteiger partial charge in [0.05, 0.1) is 0 Å². The van der Waals surface area contributed by atoms with Gasteiger partial charge in [-0.25, -0.2) is 4.98 Å². The van der Waals surface area contributed by atoms with Gasteiger partial charge in [-0.15, -0.1) is 0 Å². The minimum Gasteiger partial charge on any atom is -0.385 e. The van der Waals surface area contributed by atoms with Gasteiger partial charge in [0.2, 0.25) is 0 Å². The second kappa shape index (κ2) is 5.36. The first-order valence-electron chi connectivity index (χ1n) is 5.70. The van der Waals surface area contributed by atoms with Crippen molar-refractivity contribution in [1.29, 1.82) is 0 Å². The Morgan fingerprint density at radius 3 is 2.93 bits per heavy atom. The fourth-order valence-corrected chi connectivity index (χ4v) is 2.41. The molecule has 1 heterocycles. The maximum absolute atomic E-state index is 5.80. The molecule has 1 aliphatic carbocycles. The van der Waals surface area contributed by atoms with Crippen LogP contribution in [0.4, 0.5) is 5.69 Å². The van der Waals surface area contributed by atoms with Crippen LogP contribution in [-0.2, 0) is 0 Å². The lowest BCUT2D eigenvalue weighted by Crippen LogP contribution is -2.06. The van der Waals surface area contributed by atoms with Crippen molar-refractivity contribution in [2.75, 3.05) is 11.9 Å². The number of anilines is 1. The van der Waals surface area contributed by atoms with E-state index in [2.05, 4.69) is 10.3 Å². The third-order valence-corrected chi connectivity index (χ3v) is 3.29. The number of halogens is 1. The third kappa shape index (κ3) is 3.38. The Bertz CT molecular complexity index is 308. The van der Waals surface area contributed by atoms with Crippen molar-refractivity contribution in [1.82, 2.24) is 4.98 Å². The van der Waals surface area contributed by atoms with Crippen LogP contribution in [0, 0.1) is 5.92 Å². The van der Waals surface area contributed by atoms with Gasteiger partial charge in [-0.3, -0.25) is 0 Å². The first kappa shape index (κ1) is 10.7. The number of hydrogen-bond donors (Lipinski definition) is 1. The number of hydrogen-bond acceptors (Lipinski definition) is 2. The Morgan fingerprint density at radius 1 is 1.40 bits per heavy atom. The van der Waals surface area contributed by atoms with Crippen LogP contribution in [-0.4, -0.2) is 11.5 Å². The fourth-order valence-electron chi connectivity index (χ4n) is 2.23. The zero-order valence-corrected chi connectivity index (χ0v) is 9.63. The number of pyridine rings is 1. The van der Waals surface area contributed by atoms with Crippen molar-refractivity contribution in [3.05, 3.63) is 23.5 Å². The second-order valence-electron chi connectivity index (χ2n) is 4.23. The molecule has 2 nitrogen and oxygen atoms in total. The van der Waals surface area contributed by atoms with Crippen molar-refractivity contribution in [2.24, 2.45) is 5.92 Å². The second-order valence-corrected chi connectivity index (χ2v) is 4.62. The molecule has 1 aromatic rings. The predicted octanol–water partition coefficient (Wildman–Crippen LogP) is 3.73. The zero-order valence-electron chi connectivity index (χ0n) is 8.88. The molecule has 15 heavy (non-hydrogen) atoms. The highest BCUT2D eigenvalue weighted by Gasteiger charge is 2.13. The Labute approximate surface area is 96.1 Å². The number of nitrogens with zero attached hydrogens (tertiary/aromatic N) is 1. The van der Waals surface area contributed by atoms with Crippen LogP contribution in [0.5, 0.6) is 0 Å². The predicted molar refractivity (Wildman–Crippen MR) is 64.3 cm³/mol. The van der Waals surface area contributed by atoms with Gasteiger partial charge >= 0.3 is 0 Å². The van der Waals surface area contributed by atoms with E-state index in [9.17, 15) is 0 Å². The van der Waals surface area contributed by atoms with Gasteiger partial charge in [-0.05, 0) is 24.5 Å². The normalized spacial score (nSPS) is 16.9. The summed E-state index contributed by atoms with van der Waals surface area (Å²) in [4.78, 5) is 3.95. The van der Waals surface area contributed by atoms with Gasteiger partial charge in [0.15, 0.2) is 0 Å². The molecule has 82 valence electrons. The highest BCUT2D eigenvalue weighted by molar-refractivity contribution is 6.29. The van der Waals surface area contributed by atoms with E-state index in [1.54, 1.807) is 6.20 Å². The Balaban J connectivity index is 1.73. The van der Waals surface area contributed by atoms with Crippen molar-refractivity contribution in [3.63, 3.8) is 0 Å². The van der Waals surface area contributed by atoms with E-state index >= 15 is 0 Å². The van der Waals surface area contributed by atoms with Gasteiger partial charge in [-0.2, -0.15) is 0 Å². The highest BCUT2D eigenvalue weighted by Crippen LogP contribution is 2.27. The molecular weight excluding hydrogens is 208 g/mol. The van der Waals surface area contributed by atoms with Crippen LogP contribution in [0.15, 0.2) is 18.3 Å². The quantitative estimate of drug-likeness (QED) is 0.789. The molecule has 1 saturated carbocycles. The minimum absolute atomic E-state index is 0.556. The Hall–Kier alpha value is -0.760. The summed E-state index contributed by atoms with van der Waals surface area (Å²) in [5, 5.41) is 3.94. The lowest BCUT2D eigenvalue weighted by atomic mass is 10.0. The van der Waals surface area contributed by atoms with Gasteiger partial charge < -0.3 is 5.32 Å². The molecule has 0 aromatic carbocycles. The van der Waals surface area contributed by atoms with Gasteiger partial charge in [-0.1, -0.05) is 37.3 Å². The fraction of sp³-hybridized carbons (Fsp3) is 0.583. The van der Waals surface area contributed by atoms with Gasteiger partial charge in [0.1, 0.15) is 5.15 Å². The van der Waals surface area contributed by atoms with E-state index in [-0.39, 0.29) is 0 Å². The molecule has 2 rings (SSSR count). The maximum atomic E-state index is 5.80. The summed E-state index contributed by atoms with van der Waals surface area (Å²) < 4.78 is 0. The topological polar surface area (TPSA) is 24.9 Å². The summed E-state index contributed by atoms with van der Waals surface area (Å²) in [5.41, 5.74) is 1.08. The lowest BCUT2D eigenvalue weighted by Gasteiger charge is -2.10. The van der Waals surface area contributed by atoms with Crippen LogP contribution < -0.4 is 5.32 Å². The first-order valence-corrected chi connectivity index (χ1v) is 6.08. The largest absolute Gasteiger partial charge is 0.385 e. The zero-order chi connectivity index (χ0) is 10.5. The van der Waals surface area contributed by atoms with E-state index in [0.29, 0.717) is 5.15 Å². The Morgan fingerprint density at radius 2 is 2.20 bits per heavy atom. The number of nitrogens with one attached hydrogen (secondary N) is 1. The molecule has 0 amide bonds. The van der Waals surface area contributed by atoms with Crippen molar-refractivity contribution >= 4 is 17.3 Å². The van der Waals surface area contributed by atoms with Gasteiger partial charge in [0.25, 0.3) is 0 Å². The molecule has 0 aliphatic heterocycles. The molecule has 0 spiro atoms. The van der Waals surface area contributed by atoms with Gasteiger partial charge in [0, 0.05) is 18.4 Å². The summed E-state index contributed by atoms with van der Waals surface area (Å²) >= 11 is 5.80. The number of aromatic nitrogens is 1. The average Bonchev–Trinajstić information content (AvgIpc) is 2.71. The van der Waals surface area contributed by atoms with Crippen LogP contribution >= 0.6 is 11.6 Å². The SMILES string of the molecule is Clc1cc(NCCC2CCCC2)ccn1. The smallest absolute Gasteiger partial charge is 0.131 e. The van der Waals surface area contributed by atoms with E-state index in [4.69, 9.17) is 11.6 Å². The molecule has 0 saturated heterocycles. The van der Waals surface area contributed by atoms with Crippen LogP contribution in [0.25, 0.3) is 0 Å². The molecule has 1 fully saturated rings. The van der Waals surface area contributed by atoms with E-state index in [1.807, 2.05) is 12.1 Å². The molecule has 0 bridgehead atoms. The van der Waals surface area contributed by atoms with E-state index in [1.165, 1.54) is 32.1 Å². The van der Waals surface area contributed by atoms with Crippen molar-refractivity contribution in [2.45, 2.75) is 32.1 Å². The van der Waals surface area contributed by atoms with E-state index in [0.717, 1.165) is 18.2 Å². The first-order chi connectivity index (χ1) is 7.34. The Kier molecular flexibility index (Phi) is 3.84. The highest BCUT2D eigenvalue weighted by atomic mass is 35.5. The molecule has 1 aliphatic rings. The molecule has 0 unspecified atom stereocenters. The average molecular weight is 225 g/mol. The summed E-state index contributed by atoms with van der Waals surface area (Å²) in [6.07, 6.45) is 8.69. The molecule has 1 aromatic heterocycles. The number of rotatable bonds is 4. The monoisotopic (exact) mass is 224 g/mol. The third-order valence-electron chi connectivity index (χ3n) is 3.08. The summed E-state index contributed by atoms with van der Waals surface area (Å²) in [7, 11) is 0. The van der Waals surface area contributed by atoms with E-state index < -0.39 is 0 Å². The standard InChI is InChI=1S/C12H17ClN2/c13-12-9-11(6-8-15-12)14-7-5-10-3-1-2-4-10/h6,8-10H,1-5,7H2,(H,14,15). The van der Waals surface area contributed by atoms with Crippen molar-refractivity contribution < 1.29 is 0 Å². The molecular formula is C12H17ClN2. The summed E-state index contributed by atoms with van der Waals surface area (Å²) in [5.74, 6) is 0.940. The lowest BCUT2D eigenvalue weighted by molar-refractivity contribution is 0.518. The summed E-state index contributed by atoms with van der Waals surface area (Å²) in [6.45, 7) is 1.05. The van der Waals surface area contributed by atoms with Crippen LogP contribution in [0.1, 0.15) is 32.1 Å². The molecule has 3 heteroatoms. The molecule has 0 radical (unpaired) electrons. The maximum Gasteiger partial charge on any atom is 0.131 e. The molecule has 0 atom stereocenters.